The number of ketones is 1. The van der Waals surface area contributed by atoms with Gasteiger partial charge in [0.2, 0.25) is 0 Å². The van der Waals surface area contributed by atoms with E-state index >= 15 is 0 Å². The molecule has 1 heterocycles. The largest absolute Gasteiger partial charge is 0.472 e. The van der Waals surface area contributed by atoms with Crippen LogP contribution in [0.4, 0.5) is 0 Å². The van der Waals surface area contributed by atoms with Crippen LogP contribution in [-0.2, 0) is 20.7 Å². The molecule has 2 aliphatic rings. The number of methoxy groups -OCH3 is 1. The molecule has 0 radical (unpaired) electrons. The number of hydrogen-bond donors (Lipinski definition) is 0. The Balaban J connectivity index is 1.98. The van der Waals surface area contributed by atoms with E-state index in [1.54, 1.807) is 18.6 Å². The van der Waals surface area contributed by atoms with Gasteiger partial charge in [-0.1, -0.05) is 12.5 Å². The van der Waals surface area contributed by atoms with Crippen LogP contribution in [0.2, 0.25) is 0 Å². The zero-order valence-electron chi connectivity index (χ0n) is 14.7. The van der Waals surface area contributed by atoms with Gasteiger partial charge in [0.1, 0.15) is 0 Å². The molecule has 4 atom stereocenters. The minimum Gasteiger partial charge on any atom is -0.472 e. The van der Waals surface area contributed by atoms with Gasteiger partial charge in [0, 0.05) is 6.42 Å². The summed E-state index contributed by atoms with van der Waals surface area (Å²) in [4.78, 5) is 25.2. The molecule has 4 nitrogen and oxygen atoms in total. The molecule has 0 aromatic carbocycles. The molecule has 1 fully saturated rings. The van der Waals surface area contributed by atoms with Crippen LogP contribution in [0.1, 0.15) is 45.1 Å². The molecule has 4 heteroatoms. The maximum absolute atomic E-state index is 13.0. The van der Waals surface area contributed by atoms with Gasteiger partial charge in [-0.3, -0.25) is 9.59 Å². The van der Waals surface area contributed by atoms with Gasteiger partial charge in [0.05, 0.1) is 25.1 Å². The van der Waals surface area contributed by atoms with E-state index in [4.69, 9.17) is 9.15 Å². The van der Waals surface area contributed by atoms with Gasteiger partial charge in [-0.25, -0.2) is 0 Å². The van der Waals surface area contributed by atoms with Crippen molar-refractivity contribution in [1.29, 1.82) is 0 Å². The van der Waals surface area contributed by atoms with Crippen molar-refractivity contribution in [2.45, 2.75) is 46.0 Å². The first kappa shape index (κ1) is 17.0. The summed E-state index contributed by atoms with van der Waals surface area (Å²) in [5.74, 6) is 0.535. The Kier molecular flexibility index (Phi) is 4.66. The quantitative estimate of drug-likeness (QED) is 0.784. The van der Waals surface area contributed by atoms with Crippen molar-refractivity contribution >= 4 is 11.8 Å². The topological polar surface area (TPSA) is 56.5 Å². The molecule has 0 unspecified atom stereocenters. The van der Waals surface area contributed by atoms with Crippen molar-refractivity contribution in [1.82, 2.24) is 0 Å². The Bertz CT molecular complexity index is 643. The van der Waals surface area contributed by atoms with Crippen LogP contribution in [-0.4, -0.2) is 18.9 Å². The fourth-order valence-corrected chi connectivity index (χ4v) is 4.98. The van der Waals surface area contributed by atoms with E-state index in [2.05, 4.69) is 6.92 Å². The average Bonchev–Trinajstić information content (AvgIpc) is 3.07. The first-order valence-electron chi connectivity index (χ1n) is 8.79. The SMILES string of the molecule is COC(=O)[C@]1(CCc2ccoc2)[C@H](C)CC[C@H]2C(C)=CC(=O)C[C@@H]21. The van der Waals surface area contributed by atoms with Crippen LogP contribution in [0, 0.1) is 23.2 Å². The van der Waals surface area contributed by atoms with Crippen molar-refractivity contribution in [2.75, 3.05) is 7.11 Å². The zero-order valence-corrected chi connectivity index (χ0v) is 14.7. The van der Waals surface area contributed by atoms with Crippen LogP contribution < -0.4 is 0 Å². The molecule has 24 heavy (non-hydrogen) atoms. The third-order valence-electron chi connectivity index (χ3n) is 6.30. The monoisotopic (exact) mass is 330 g/mol. The molecule has 0 spiro atoms. The number of fused-ring (bicyclic) bond motifs is 1. The second kappa shape index (κ2) is 6.58. The first-order valence-corrected chi connectivity index (χ1v) is 8.79. The maximum Gasteiger partial charge on any atom is 0.312 e. The number of ether oxygens (including phenoxy) is 1. The number of rotatable bonds is 4. The van der Waals surface area contributed by atoms with Crippen LogP contribution in [0.15, 0.2) is 34.7 Å². The summed E-state index contributed by atoms with van der Waals surface area (Å²) < 4.78 is 10.4. The van der Waals surface area contributed by atoms with E-state index in [1.807, 2.05) is 13.0 Å². The molecular weight excluding hydrogens is 304 g/mol. The number of aryl methyl sites for hydroxylation is 1. The fraction of sp³-hybridized carbons (Fsp3) is 0.600. The highest BCUT2D eigenvalue weighted by atomic mass is 16.5. The summed E-state index contributed by atoms with van der Waals surface area (Å²) in [5.41, 5.74) is 1.61. The molecule has 1 aromatic heterocycles. The highest BCUT2D eigenvalue weighted by molar-refractivity contribution is 5.92. The molecule has 0 amide bonds. The summed E-state index contributed by atoms with van der Waals surface area (Å²) in [7, 11) is 1.46. The minimum absolute atomic E-state index is 0.0399. The maximum atomic E-state index is 13.0. The molecule has 0 N–H and O–H groups in total. The number of carbonyl (C=O) groups excluding carboxylic acids is 2. The van der Waals surface area contributed by atoms with E-state index < -0.39 is 5.41 Å². The van der Waals surface area contributed by atoms with E-state index in [0.717, 1.165) is 30.4 Å². The van der Waals surface area contributed by atoms with Crippen molar-refractivity contribution in [2.24, 2.45) is 23.2 Å². The number of allylic oxidation sites excluding steroid dienone is 2. The van der Waals surface area contributed by atoms with Gasteiger partial charge < -0.3 is 9.15 Å². The van der Waals surface area contributed by atoms with Gasteiger partial charge in [0.25, 0.3) is 0 Å². The Morgan fingerprint density at radius 2 is 2.21 bits per heavy atom. The smallest absolute Gasteiger partial charge is 0.312 e. The molecule has 130 valence electrons. The normalized spacial score (nSPS) is 32.9. The van der Waals surface area contributed by atoms with Gasteiger partial charge >= 0.3 is 5.97 Å². The van der Waals surface area contributed by atoms with E-state index in [9.17, 15) is 9.59 Å². The highest BCUT2D eigenvalue weighted by Gasteiger charge is 2.56. The number of esters is 1. The molecule has 0 saturated heterocycles. The van der Waals surface area contributed by atoms with E-state index in [-0.39, 0.29) is 23.6 Å². The van der Waals surface area contributed by atoms with Crippen molar-refractivity contribution in [3.63, 3.8) is 0 Å². The van der Waals surface area contributed by atoms with Crippen LogP contribution >= 0.6 is 0 Å². The second-order valence-electron chi connectivity index (χ2n) is 7.41. The Labute approximate surface area is 143 Å². The number of hydrogen-bond acceptors (Lipinski definition) is 4. The van der Waals surface area contributed by atoms with Crippen LogP contribution in [0.25, 0.3) is 0 Å². The first-order chi connectivity index (χ1) is 11.5. The fourth-order valence-electron chi connectivity index (χ4n) is 4.98. The second-order valence-corrected chi connectivity index (χ2v) is 7.41. The van der Waals surface area contributed by atoms with E-state index in [1.165, 1.54) is 7.11 Å². The third-order valence-corrected chi connectivity index (χ3v) is 6.30. The number of furan rings is 1. The van der Waals surface area contributed by atoms with Gasteiger partial charge in [-0.05, 0) is 68.1 Å². The molecule has 3 rings (SSSR count). The van der Waals surface area contributed by atoms with Gasteiger partial charge in [0.15, 0.2) is 5.78 Å². The van der Waals surface area contributed by atoms with E-state index in [0.29, 0.717) is 18.8 Å². The molecule has 0 aliphatic heterocycles. The predicted octanol–water partition coefficient (Wildman–Crippen LogP) is 3.95. The Morgan fingerprint density at radius 3 is 2.88 bits per heavy atom. The third kappa shape index (κ3) is 2.72. The molecule has 1 aromatic rings. The summed E-state index contributed by atoms with van der Waals surface area (Å²) in [5, 5.41) is 0. The standard InChI is InChI=1S/C20H26O4/c1-13-10-16(21)11-18-17(13)5-4-14(2)20(18,19(22)23-3)8-6-15-7-9-24-12-15/h7,9-10,12,14,17-18H,4-6,8,11H2,1-3H3/t14-,17+,18+,20-/m1/s1. The van der Waals surface area contributed by atoms with Crippen molar-refractivity contribution < 1.29 is 18.7 Å². The van der Waals surface area contributed by atoms with Gasteiger partial charge in [-0.2, -0.15) is 0 Å². The van der Waals surface area contributed by atoms with Crippen LogP contribution in [0.3, 0.4) is 0 Å². The summed E-state index contributed by atoms with van der Waals surface area (Å²) >= 11 is 0. The van der Waals surface area contributed by atoms with Crippen LogP contribution in [0.5, 0.6) is 0 Å². The lowest BCUT2D eigenvalue weighted by atomic mass is 9.51. The lowest BCUT2D eigenvalue weighted by molar-refractivity contribution is -0.168. The lowest BCUT2D eigenvalue weighted by Gasteiger charge is -2.51. The summed E-state index contributed by atoms with van der Waals surface area (Å²) in [6, 6.07) is 1.94. The Hall–Kier alpha value is -1.84. The number of carbonyl (C=O) groups is 2. The highest BCUT2D eigenvalue weighted by Crippen LogP contribution is 2.56. The molecule has 1 saturated carbocycles. The Morgan fingerprint density at radius 1 is 1.42 bits per heavy atom. The van der Waals surface area contributed by atoms with Gasteiger partial charge in [-0.15, -0.1) is 0 Å². The zero-order chi connectivity index (χ0) is 17.3. The summed E-state index contributed by atoms with van der Waals surface area (Å²) in [6.07, 6.45) is 9.10. The van der Waals surface area contributed by atoms with Crippen molar-refractivity contribution in [3.05, 3.63) is 35.8 Å². The molecule has 2 aliphatic carbocycles. The average molecular weight is 330 g/mol. The molecular formula is C20H26O4. The molecule has 0 bridgehead atoms. The minimum atomic E-state index is -0.597. The summed E-state index contributed by atoms with van der Waals surface area (Å²) in [6.45, 7) is 4.17. The lowest BCUT2D eigenvalue weighted by Crippen LogP contribution is -2.52. The van der Waals surface area contributed by atoms with Crippen molar-refractivity contribution in [3.8, 4) is 0 Å². The predicted molar refractivity (Wildman–Crippen MR) is 90.2 cm³/mol.